The Balaban J connectivity index is 2.79. The fourth-order valence-electron chi connectivity index (χ4n) is 1.48. The minimum atomic E-state index is -4.37. The molecule has 114 valence electrons. The maximum absolute atomic E-state index is 12.0. The molecule has 0 saturated carbocycles. The highest BCUT2D eigenvalue weighted by Crippen LogP contribution is 2.38. The van der Waals surface area contributed by atoms with Crippen LogP contribution in [0.3, 0.4) is 0 Å². The van der Waals surface area contributed by atoms with Crippen LogP contribution < -0.4 is 9.47 Å². The summed E-state index contributed by atoms with van der Waals surface area (Å²) in [4.78, 5) is 0. The van der Waals surface area contributed by atoms with E-state index in [1.165, 1.54) is 14.2 Å². The van der Waals surface area contributed by atoms with Crippen molar-refractivity contribution in [3.8, 4) is 11.5 Å². The van der Waals surface area contributed by atoms with Crippen LogP contribution in [0.5, 0.6) is 11.5 Å². The van der Waals surface area contributed by atoms with Crippen molar-refractivity contribution < 1.29 is 27.4 Å². The second-order valence-corrected chi connectivity index (χ2v) is 5.21. The number of hydrogen-bond acceptors (Lipinski definition) is 3. The van der Waals surface area contributed by atoms with E-state index in [1.54, 1.807) is 12.1 Å². The first-order valence-electron chi connectivity index (χ1n) is 5.48. The van der Waals surface area contributed by atoms with E-state index in [0.717, 1.165) is 0 Å². The molecule has 0 fully saturated rings. The van der Waals surface area contributed by atoms with Crippen molar-refractivity contribution in [3.05, 3.63) is 22.2 Å². The Hall–Kier alpha value is -0.660. The molecule has 0 saturated heterocycles. The van der Waals surface area contributed by atoms with Crippen LogP contribution in [0.15, 0.2) is 16.6 Å². The van der Waals surface area contributed by atoms with E-state index in [2.05, 4.69) is 20.7 Å². The van der Waals surface area contributed by atoms with Crippen molar-refractivity contribution in [1.29, 1.82) is 0 Å². The van der Waals surface area contributed by atoms with E-state index < -0.39 is 18.2 Å². The average Bonchev–Trinajstić information content (AvgIpc) is 2.36. The number of methoxy groups -OCH3 is 2. The average molecular weight is 378 g/mol. The molecule has 0 bridgehead atoms. The molecule has 0 heterocycles. The van der Waals surface area contributed by atoms with Gasteiger partial charge in [-0.05, 0) is 17.7 Å². The Kier molecular flexibility index (Phi) is 6.42. The fraction of sp³-hybridized carbons (Fsp3) is 0.500. The lowest BCUT2D eigenvalue weighted by molar-refractivity contribution is -0.173. The predicted molar refractivity (Wildman–Crippen MR) is 72.7 cm³/mol. The van der Waals surface area contributed by atoms with Crippen molar-refractivity contribution in [2.75, 3.05) is 27.4 Å². The third-order valence-electron chi connectivity index (χ3n) is 2.37. The number of rotatable bonds is 6. The summed E-state index contributed by atoms with van der Waals surface area (Å²) >= 11 is 9.33. The summed E-state index contributed by atoms with van der Waals surface area (Å²) in [6.45, 7) is -1.60. The summed E-state index contributed by atoms with van der Waals surface area (Å²) in [6.07, 6.45) is -4.37. The molecule has 8 heteroatoms. The Bertz CT molecular complexity index is 454. The molecule has 0 aliphatic rings. The molecule has 1 aromatic carbocycles. The summed E-state index contributed by atoms with van der Waals surface area (Å²) in [7, 11) is 2.94. The molecule has 3 nitrogen and oxygen atoms in total. The minimum Gasteiger partial charge on any atom is -0.493 e. The van der Waals surface area contributed by atoms with E-state index >= 15 is 0 Å². The van der Waals surface area contributed by atoms with Crippen LogP contribution in [-0.2, 0) is 4.74 Å². The van der Waals surface area contributed by atoms with E-state index in [4.69, 9.17) is 21.1 Å². The summed E-state index contributed by atoms with van der Waals surface area (Å²) < 4.78 is 51.3. The van der Waals surface area contributed by atoms with Crippen molar-refractivity contribution in [2.45, 2.75) is 11.6 Å². The summed E-state index contributed by atoms with van der Waals surface area (Å²) in [5.41, 5.74) is 0.562. The topological polar surface area (TPSA) is 27.7 Å². The third-order valence-corrected chi connectivity index (χ3v) is 3.42. The van der Waals surface area contributed by atoms with Gasteiger partial charge in [-0.15, -0.1) is 11.6 Å². The normalized spacial score (nSPS) is 13.2. The van der Waals surface area contributed by atoms with Gasteiger partial charge in [0, 0.05) is 4.47 Å². The molecule has 0 spiro atoms. The Morgan fingerprint density at radius 2 is 1.75 bits per heavy atom. The van der Waals surface area contributed by atoms with Gasteiger partial charge in [-0.3, -0.25) is 0 Å². The molecule has 0 aromatic heterocycles. The zero-order valence-corrected chi connectivity index (χ0v) is 13.1. The zero-order chi connectivity index (χ0) is 15.3. The van der Waals surface area contributed by atoms with Gasteiger partial charge in [0.1, 0.15) is 6.61 Å². The quantitative estimate of drug-likeness (QED) is 0.691. The SMILES string of the molecule is COc1cc(Br)c(C(Cl)COCC(F)(F)F)cc1OC. The summed E-state index contributed by atoms with van der Waals surface area (Å²) in [5.74, 6) is 0.926. The van der Waals surface area contributed by atoms with Gasteiger partial charge >= 0.3 is 6.18 Å². The molecular formula is C12H13BrClF3O3. The Morgan fingerprint density at radius 3 is 2.25 bits per heavy atom. The highest BCUT2D eigenvalue weighted by molar-refractivity contribution is 9.10. The van der Waals surface area contributed by atoms with Gasteiger partial charge < -0.3 is 14.2 Å². The molecule has 20 heavy (non-hydrogen) atoms. The smallest absolute Gasteiger partial charge is 0.411 e. The number of benzene rings is 1. The van der Waals surface area contributed by atoms with Crippen LogP contribution in [0.2, 0.25) is 0 Å². The van der Waals surface area contributed by atoms with Crippen LogP contribution in [-0.4, -0.2) is 33.6 Å². The third kappa shape index (κ3) is 5.03. The fourth-order valence-corrected chi connectivity index (χ4v) is 2.48. The van der Waals surface area contributed by atoms with Gasteiger partial charge in [0.2, 0.25) is 0 Å². The molecule has 1 atom stereocenters. The van der Waals surface area contributed by atoms with Gasteiger partial charge in [0.25, 0.3) is 0 Å². The van der Waals surface area contributed by atoms with Crippen LogP contribution >= 0.6 is 27.5 Å². The van der Waals surface area contributed by atoms with Gasteiger partial charge in [0.05, 0.1) is 26.2 Å². The molecule has 0 radical (unpaired) electrons. The van der Waals surface area contributed by atoms with Gasteiger partial charge in [-0.1, -0.05) is 15.9 Å². The van der Waals surface area contributed by atoms with Crippen LogP contribution in [0.1, 0.15) is 10.9 Å². The van der Waals surface area contributed by atoms with Gasteiger partial charge in [-0.25, -0.2) is 0 Å². The molecular weight excluding hydrogens is 364 g/mol. The molecule has 0 aliphatic heterocycles. The van der Waals surface area contributed by atoms with E-state index in [1.807, 2.05) is 0 Å². The van der Waals surface area contributed by atoms with E-state index in [-0.39, 0.29) is 6.61 Å². The molecule has 1 aromatic rings. The van der Waals surface area contributed by atoms with Crippen molar-refractivity contribution in [2.24, 2.45) is 0 Å². The molecule has 1 rings (SSSR count). The van der Waals surface area contributed by atoms with Crippen molar-refractivity contribution >= 4 is 27.5 Å². The standard InChI is InChI=1S/C12H13BrClF3O3/c1-18-10-3-7(8(13)4-11(10)19-2)9(14)5-20-6-12(15,16)17/h3-4,9H,5-6H2,1-2H3. The monoisotopic (exact) mass is 376 g/mol. The maximum atomic E-state index is 12.0. The molecule has 0 N–H and O–H groups in total. The lowest BCUT2D eigenvalue weighted by Crippen LogP contribution is -2.18. The lowest BCUT2D eigenvalue weighted by Gasteiger charge is -2.16. The Morgan fingerprint density at radius 1 is 1.20 bits per heavy atom. The maximum Gasteiger partial charge on any atom is 0.411 e. The first kappa shape index (κ1) is 17.4. The van der Waals surface area contributed by atoms with Gasteiger partial charge in [-0.2, -0.15) is 13.2 Å². The first-order chi connectivity index (χ1) is 9.28. The zero-order valence-electron chi connectivity index (χ0n) is 10.8. The number of hydrogen-bond donors (Lipinski definition) is 0. The number of alkyl halides is 4. The highest BCUT2D eigenvalue weighted by Gasteiger charge is 2.28. The lowest BCUT2D eigenvalue weighted by atomic mass is 10.1. The van der Waals surface area contributed by atoms with Crippen LogP contribution in [0, 0.1) is 0 Å². The first-order valence-corrected chi connectivity index (χ1v) is 6.71. The van der Waals surface area contributed by atoms with Crippen molar-refractivity contribution in [3.63, 3.8) is 0 Å². The largest absolute Gasteiger partial charge is 0.493 e. The van der Waals surface area contributed by atoms with Gasteiger partial charge in [0.15, 0.2) is 11.5 Å². The van der Waals surface area contributed by atoms with Crippen LogP contribution in [0.4, 0.5) is 13.2 Å². The Labute approximate surface area is 128 Å². The van der Waals surface area contributed by atoms with E-state index in [0.29, 0.717) is 21.5 Å². The molecule has 0 aliphatic carbocycles. The summed E-state index contributed by atoms with van der Waals surface area (Å²) in [6, 6.07) is 3.23. The second-order valence-electron chi connectivity index (χ2n) is 3.83. The summed E-state index contributed by atoms with van der Waals surface area (Å²) in [5, 5.41) is -0.744. The predicted octanol–water partition coefficient (Wildman–Crippen LogP) is 4.33. The minimum absolute atomic E-state index is 0.269. The number of halogens is 5. The molecule has 0 amide bonds. The number of ether oxygens (including phenoxy) is 3. The second kappa shape index (κ2) is 7.38. The van der Waals surface area contributed by atoms with E-state index in [9.17, 15) is 13.2 Å². The highest BCUT2D eigenvalue weighted by atomic mass is 79.9. The molecule has 1 unspecified atom stereocenters. The van der Waals surface area contributed by atoms with Crippen LogP contribution in [0.25, 0.3) is 0 Å². The van der Waals surface area contributed by atoms with Crippen molar-refractivity contribution in [1.82, 2.24) is 0 Å².